The van der Waals surface area contributed by atoms with Gasteiger partial charge in [-0.15, -0.1) is 0 Å². The van der Waals surface area contributed by atoms with Crippen molar-refractivity contribution < 1.29 is 0 Å². The van der Waals surface area contributed by atoms with Gasteiger partial charge >= 0.3 is 361 Å². The Morgan fingerprint density at radius 2 is 0.590 bits per heavy atom. The Balaban J connectivity index is 1.06. The normalized spacial score (nSPS) is 11.9. The number of hydrogen-bond acceptors (Lipinski definition) is 0. The Morgan fingerprint density at radius 3 is 1.07 bits per heavy atom. The molecule has 1 heterocycles. The maximum atomic E-state index is 2.52. The van der Waals surface area contributed by atoms with Gasteiger partial charge in [-0.05, 0) is 0 Å². The van der Waals surface area contributed by atoms with Crippen LogP contribution in [0.3, 0.4) is 0 Å². The summed E-state index contributed by atoms with van der Waals surface area (Å²) in [6.07, 6.45) is 0. The monoisotopic (exact) mass is 836 g/mol. The number of benzene rings is 12. The fourth-order valence-electron chi connectivity index (χ4n) is 10.5. The van der Waals surface area contributed by atoms with E-state index in [2.05, 4.69) is 218 Å². The van der Waals surface area contributed by atoms with Crippen LogP contribution >= 0.6 is 0 Å². The van der Waals surface area contributed by atoms with Crippen molar-refractivity contribution >= 4 is 98.4 Å². The van der Waals surface area contributed by atoms with Crippen molar-refractivity contribution in [3.8, 4) is 44.5 Å². The van der Waals surface area contributed by atoms with E-state index in [4.69, 9.17) is 0 Å². The summed E-state index contributed by atoms with van der Waals surface area (Å²) >= 11 is 0.152. The Labute approximate surface area is 359 Å². The van der Waals surface area contributed by atoms with Crippen molar-refractivity contribution in [2.45, 2.75) is 0 Å². The van der Waals surface area contributed by atoms with Gasteiger partial charge in [0.1, 0.15) is 0 Å². The van der Waals surface area contributed by atoms with Gasteiger partial charge in [0.25, 0.3) is 0 Å². The summed E-state index contributed by atoms with van der Waals surface area (Å²) in [5, 5.41) is 18.1. The molecule has 13 rings (SSSR count). The van der Waals surface area contributed by atoms with E-state index in [1.54, 1.807) is 0 Å². The molecule has 61 heavy (non-hydrogen) atoms. The molecule has 1 aromatic heterocycles. The standard InChI is InChI=1S/C60H36Se/c1-3-20-40-37(16-1)18-13-30-42(40)57-46-24-7-5-22-44(46)56(45-23-6-8-25-47(45)57)39-34-35-52-55(36-39)61-54-33-15-32-53(60(52)54)59-50-28-11-9-26-48(50)58(49-27-10-12-29-51(49)59)43-31-14-19-38-17-2-4-21-41(38)43/h1-36H. The molecule has 0 nitrogen and oxygen atoms in total. The van der Waals surface area contributed by atoms with Crippen LogP contribution in [0.25, 0.3) is 128 Å². The Hall–Kier alpha value is -7.28. The average Bonchev–Trinajstić information content (AvgIpc) is 3.70. The first-order valence-corrected chi connectivity index (χ1v) is 22.8. The van der Waals surface area contributed by atoms with E-state index in [1.807, 2.05) is 0 Å². The predicted octanol–water partition coefficient (Wildman–Crippen LogP) is 16.6. The molecule has 0 amide bonds. The third-order valence-electron chi connectivity index (χ3n) is 13.0. The number of rotatable bonds is 4. The fourth-order valence-corrected chi connectivity index (χ4v) is 13.0. The molecule has 0 bridgehead atoms. The van der Waals surface area contributed by atoms with Crippen molar-refractivity contribution in [3.05, 3.63) is 218 Å². The van der Waals surface area contributed by atoms with Crippen LogP contribution in [0.4, 0.5) is 0 Å². The molecule has 13 aromatic rings. The van der Waals surface area contributed by atoms with Crippen molar-refractivity contribution in [2.24, 2.45) is 0 Å². The van der Waals surface area contributed by atoms with Gasteiger partial charge in [-0.2, -0.15) is 0 Å². The van der Waals surface area contributed by atoms with Crippen molar-refractivity contribution in [2.75, 3.05) is 0 Å². The minimum absolute atomic E-state index is 0.152. The maximum absolute atomic E-state index is 2.52. The third-order valence-corrected chi connectivity index (χ3v) is 15.4. The van der Waals surface area contributed by atoms with E-state index in [1.165, 1.54) is 128 Å². The number of fused-ring (bicyclic) bond motifs is 9. The summed E-state index contributed by atoms with van der Waals surface area (Å²) in [7, 11) is 0. The molecule has 282 valence electrons. The molecule has 0 aliphatic carbocycles. The quantitative estimate of drug-likeness (QED) is 0.122. The van der Waals surface area contributed by atoms with Crippen molar-refractivity contribution in [1.82, 2.24) is 0 Å². The summed E-state index contributed by atoms with van der Waals surface area (Å²) in [6, 6.07) is 81.7. The summed E-state index contributed by atoms with van der Waals surface area (Å²) in [5.74, 6) is 0. The van der Waals surface area contributed by atoms with Gasteiger partial charge in [-0.3, -0.25) is 0 Å². The molecule has 0 spiro atoms. The Kier molecular flexibility index (Phi) is 7.72. The second kappa shape index (κ2) is 13.6. The van der Waals surface area contributed by atoms with Crippen LogP contribution in [0.2, 0.25) is 0 Å². The first-order valence-electron chi connectivity index (χ1n) is 21.1. The van der Waals surface area contributed by atoms with Crippen LogP contribution < -0.4 is 0 Å². The van der Waals surface area contributed by atoms with E-state index in [0.29, 0.717) is 0 Å². The van der Waals surface area contributed by atoms with E-state index in [-0.39, 0.29) is 14.5 Å². The summed E-state index contributed by atoms with van der Waals surface area (Å²) in [5.41, 5.74) is 10.4. The van der Waals surface area contributed by atoms with E-state index >= 15 is 0 Å². The molecule has 0 N–H and O–H groups in total. The second-order valence-electron chi connectivity index (χ2n) is 16.2. The summed E-state index contributed by atoms with van der Waals surface area (Å²) < 4.78 is 2.89. The molecule has 0 radical (unpaired) electrons. The van der Waals surface area contributed by atoms with Crippen LogP contribution in [0.15, 0.2) is 218 Å². The summed E-state index contributed by atoms with van der Waals surface area (Å²) in [6.45, 7) is 0. The van der Waals surface area contributed by atoms with Gasteiger partial charge in [0.15, 0.2) is 0 Å². The van der Waals surface area contributed by atoms with Gasteiger partial charge in [0.05, 0.1) is 0 Å². The molecular formula is C60H36Se. The molecule has 0 saturated carbocycles. The molecule has 0 fully saturated rings. The van der Waals surface area contributed by atoms with E-state index < -0.39 is 0 Å². The first kappa shape index (κ1) is 34.6. The molecule has 0 aliphatic rings. The molecule has 0 aliphatic heterocycles. The van der Waals surface area contributed by atoms with Crippen LogP contribution in [-0.2, 0) is 0 Å². The molecule has 0 unspecified atom stereocenters. The number of hydrogen-bond donors (Lipinski definition) is 0. The van der Waals surface area contributed by atoms with Crippen LogP contribution in [0.1, 0.15) is 0 Å². The zero-order chi connectivity index (χ0) is 40.0. The summed E-state index contributed by atoms with van der Waals surface area (Å²) in [4.78, 5) is 0. The zero-order valence-corrected chi connectivity index (χ0v) is 34.9. The van der Waals surface area contributed by atoms with E-state index in [0.717, 1.165) is 0 Å². The molecule has 1 heteroatoms. The van der Waals surface area contributed by atoms with Crippen LogP contribution in [0, 0.1) is 0 Å². The molecular weight excluding hydrogens is 800 g/mol. The van der Waals surface area contributed by atoms with Gasteiger partial charge in [-0.25, -0.2) is 0 Å². The van der Waals surface area contributed by atoms with Gasteiger partial charge in [0.2, 0.25) is 0 Å². The van der Waals surface area contributed by atoms with Gasteiger partial charge in [0, 0.05) is 0 Å². The average molecular weight is 836 g/mol. The fraction of sp³-hybridized carbons (Fsp3) is 0. The topological polar surface area (TPSA) is 0 Å². The molecule has 12 aromatic carbocycles. The molecule has 0 saturated heterocycles. The SMILES string of the molecule is c1ccc2c(-c3c4ccccc4c(-c4ccc5c(c4)[se]c4cccc(-c6c7ccccc7c(-c7cccc8ccccc78)c7ccccc67)c45)c4ccccc34)cccc2c1. The van der Waals surface area contributed by atoms with Crippen molar-refractivity contribution in [3.63, 3.8) is 0 Å². The van der Waals surface area contributed by atoms with Crippen LogP contribution in [-0.4, -0.2) is 14.5 Å². The van der Waals surface area contributed by atoms with Gasteiger partial charge < -0.3 is 0 Å². The predicted molar refractivity (Wildman–Crippen MR) is 265 cm³/mol. The Morgan fingerprint density at radius 1 is 0.230 bits per heavy atom. The second-order valence-corrected chi connectivity index (χ2v) is 18.5. The van der Waals surface area contributed by atoms with E-state index in [9.17, 15) is 0 Å². The third kappa shape index (κ3) is 5.19. The minimum atomic E-state index is 0.152. The Bertz CT molecular complexity index is 3820. The first-order chi connectivity index (χ1) is 30.3. The van der Waals surface area contributed by atoms with Crippen LogP contribution in [0.5, 0.6) is 0 Å². The molecule has 0 atom stereocenters. The van der Waals surface area contributed by atoms with Crippen molar-refractivity contribution in [1.29, 1.82) is 0 Å². The zero-order valence-electron chi connectivity index (χ0n) is 33.2. The van der Waals surface area contributed by atoms with Gasteiger partial charge in [-0.1, -0.05) is 0 Å².